The molecule has 0 bridgehead atoms. The Hall–Kier alpha value is -0.830. The average Bonchev–Trinajstić information content (AvgIpc) is 2.86. The van der Waals surface area contributed by atoms with Crippen LogP contribution in [0.15, 0.2) is 12.7 Å². The van der Waals surface area contributed by atoms with Crippen molar-refractivity contribution >= 4 is 5.91 Å². The Morgan fingerprint density at radius 2 is 2.36 bits per heavy atom. The Balaban J connectivity index is 1.87. The van der Waals surface area contributed by atoms with Crippen molar-refractivity contribution in [3.05, 3.63) is 12.7 Å². The number of hydrogen-bond acceptors (Lipinski definition) is 2. The fourth-order valence-corrected chi connectivity index (χ4v) is 2.39. The molecule has 0 aromatic carbocycles. The lowest BCUT2D eigenvalue weighted by atomic mass is 9.99. The zero-order valence-corrected chi connectivity index (χ0v) is 8.45. The molecule has 0 saturated carbocycles. The number of amides is 1. The van der Waals surface area contributed by atoms with Gasteiger partial charge in [-0.1, -0.05) is 6.58 Å². The normalized spacial score (nSPS) is 32.1. The van der Waals surface area contributed by atoms with Gasteiger partial charge in [-0.2, -0.15) is 0 Å². The smallest absolute Gasteiger partial charge is 0.245 e. The lowest BCUT2D eigenvalue weighted by molar-refractivity contribution is -0.125. The first kappa shape index (κ1) is 9.71. The second kappa shape index (κ2) is 4.13. The lowest BCUT2D eigenvalue weighted by Gasteiger charge is -2.18. The maximum absolute atomic E-state index is 11.3. The number of rotatable bonds is 2. The second-order valence-corrected chi connectivity index (χ2v) is 4.09. The van der Waals surface area contributed by atoms with Crippen LogP contribution in [-0.4, -0.2) is 36.6 Å². The average molecular weight is 195 g/mol. The van der Waals surface area contributed by atoms with Crippen molar-refractivity contribution in [3.8, 4) is 0 Å². The maximum Gasteiger partial charge on any atom is 0.245 e. The quantitative estimate of drug-likeness (QED) is 0.620. The monoisotopic (exact) mass is 195 g/mol. The largest absolute Gasteiger partial charge is 0.378 e. The molecular weight excluding hydrogens is 178 g/mol. The molecule has 0 radical (unpaired) electrons. The van der Waals surface area contributed by atoms with E-state index in [-0.39, 0.29) is 5.91 Å². The molecule has 2 unspecified atom stereocenters. The van der Waals surface area contributed by atoms with Gasteiger partial charge in [-0.25, -0.2) is 0 Å². The highest BCUT2D eigenvalue weighted by molar-refractivity contribution is 5.87. The van der Waals surface area contributed by atoms with Gasteiger partial charge in [0.15, 0.2) is 0 Å². The highest BCUT2D eigenvalue weighted by Crippen LogP contribution is 2.28. The van der Waals surface area contributed by atoms with Crippen LogP contribution < -0.4 is 0 Å². The molecule has 0 aromatic rings. The molecule has 0 spiro atoms. The Morgan fingerprint density at radius 1 is 1.50 bits per heavy atom. The van der Waals surface area contributed by atoms with Gasteiger partial charge >= 0.3 is 0 Å². The standard InChI is InChI=1S/C11H17NO2/c1-2-11(13)12-6-5-9(8-12)10-4-3-7-14-10/h2,9-10H,1,3-8H2. The summed E-state index contributed by atoms with van der Waals surface area (Å²) in [5.41, 5.74) is 0. The van der Waals surface area contributed by atoms with Crippen LogP contribution in [0.1, 0.15) is 19.3 Å². The molecule has 2 aliphatic rings. The van der Waals surface area contributed by atoms with Crippen LogP contribution in [0.25, 0.3) is 0 Å². The minimum atomic E-state index is 0.0606. The van der Waals surface area contributed by atoms with Gasteiger partial charge in [-0.15, -0.1) is 0 Å². The minimum Gasteiger partial charge on any atom is -0.378 e. The zero-order chi connectivity index (χ0) is 9.97. The van der Waals surface area contributed by atoms with Crippen LogP contribution in [0, 0.1) is 5.92 Å². The van der Waals surface area contributed by atoms with Gasteiger partial charge in [0.2, 0.25) is 5.91 Å². The van der Waals surface area contributed by atoms with Crippen molar-refractivity contribution in [1.29, 1.82) is 0 Å². The summed E-state index contributed by atoms with van der Waals surface area (Å²) in [4.78, 5) is 13.2. The summed E-state index contributed by atoms with van der Waals surface area (Å²) in [7, 11) is 0. The molecule has 2 fully saturated rings. The van der Waals surface area contributed by atoms with Gasteiger partial charge < -0.3 is 9.64 Å². The summed E-state index contributed by atoms with van der Waals surface area (Å²) in [6, 6.07) is 0. The third-order valence-corrected chi connectivity index (χ3v) is 3.20. The molecule has 2 rings (SSSR count). The first-order valence-corrected chi connectivity index (χ1v) is 5.34. The number of hydrogen-bond donors (Lipinski definition) is 0. The number of likely N-dealkylation sites (tertiary alicyclic amines) is 1. The lowest BCUT2D eigenvalue weighted by Crippen LogP contribution is -2.29. The van der Waals surface area contributed by atoms with Gasteiger partial charge in [-0.3, -0.25) is 4.79 Å². The van der Waals surface area contributed by atoms with E-state index >= 15 is 0 Å². The molecule has 0 aliphatic carbocycles. The summed E-state index contributed by atoms with van der Waals surface area (Å²) in [5.74, 6) is 0.617. The third-order valence-electron chi connectivity index (χ3n) is 3.20. The maximum atomic E-state index is 11.3. The van der Waals surface area contributed by atoms with Crippen molar-refractivity contribution in [2.45, 2.75) is 25.4 Å². The van der Waals surface area contributed by atoms with Crippen molar-refractivity contribution in [2.75, 3.05) is 19.7 Å². The highest BCUT2D eigenvalue weighted by atomic mass is 16.5. The van der Waals surface area contributed by atoms with Gasteiger partial charge in [0.05, 0.1) is 6.10 Å². The van der Waals surface area contributed by atoms with Crippen molar-refractivity contribution in [3.63, 3.8) is 0 Å². The first-order chi connectivity index (χ1) is 6.81. The van der Waals surface area contributed by atoms with E-state index < -0.39 is 0 Å². The van der Waals surface area contributed by atoms with E-state index in [1.54, 1.807) is 0 Å². The van der Waals surface area contributed by atoms with Crippen LogP contribution in [0.5, 0.6) is 0 Å². The van der Waals surface area contributed by atoms with Gasteiger partial charge in [0.25, 0.3) is 0 Å². The van der Waals surface area contributed by atoms with E-state index in [9.17, 15) is 4.79 Å². The van der Waals surface area contributed by atoms with Crippen molar-refractivity contribution in [1.82, 2.24) is 4.90 Å². The summed E-state index contributed by atoms with van der Waals surface area (Å²) < 4.78 is 5.63. The number of ether oxygens (including phenoxy) is 1. The predicted octanol–water partition coefficient (Wildman–Crippen LogP) is 1.20. The van der Waals surface area contributed by atoms with Gasteiger partial charge in [0.1, 0.15) is 0 Å². The Labute approximate surface area is 84.7 Å². The van der Waals surface area contributed by atoms with Gasteiger partial charge in [-0.05, 0) is 25.3 Å². The summed E-state index contributed by atoms with van der Waals surface area (Å²) in [6.07, 6.45) is 5.23. The summed E-state index contributed by atoms with van der Waals surface area (Å²) in [5, 5.41) is 0. The zero-order valence-electron chi connectivity index (χ0n) is 8.45. The van der Waals surface area contributed by atoms with Crippen molar-refractivity contribution in [2.24, 2.45) is 5.92 Å². The summed E-state index contributed by atoms with van der Waals surface area (Å²) >= 11 is 0. The van der Waals surface area contributed by atoms with Crippen LogP contribution in [0.4, 0.5) is 0 Å². The third kappa shape index (κ3) is 1.82. The van der Waals surface area contributed by atoms with Crippen molar-refractivity contribution < 1.29 is 9.53 Å². The molecule has 3 heteroatoms. The van der Waals surface area contributed by atoms with Crippen LogP contribution >= 0.6 is 0 Å². The Kier molecular flexibility index (Phi) is 2.87. The second-order valence-electron chi connectivity index (χ2n) is 4.09. The molecule has 2 aliphatic heterocycles. The van der Waals surface area contributed by atoms with E-state index in [1.807, 2.05) is 4.90 Å². The molecule has 2 saturated heterocycles. The Morgan fingerprint density at radius 3 is 3.00 bits per heavy atom. The number of nitrogens with zero attached hydrogens (tertiary/aromatic N) is 1. The van der Waals surface area contributed by atoms with Crippen LogP contribution in [0.2, 0.25) is 0 Å². The topological polar surface area (TPSA) is 29.5 Å². The fraction of sp³-hybridized carbons (Fsp3) is 0.727. The first-order valence-electron chi connectivity index (χ1n) is 5.34. The van der Waals surface area contributed by atoms with E-state index in [0.717, 1.165) is 26.1 Å². The molecule has 0 aromatic heterocycles. The molecule has 78 valence electrons. The van der Waals surface area contributed by atoms with Gasteiger partial charge in [0, 0.05) is 25.6 Å². The molecule has 14 heavy (non-hydrogen) atoms. The minimum absolute atomic E-state index is 0.0606. The number of carbonyl (C=O) groups excluding carboxylic acids is 1. The number of carbonyl (C=O) groups is 1. The summed E-state index contributed by atoms with van der Waals surface area (Å²) in [6.45, 7) is 6.13. The SMILES string of the molecule is C=CC(=O)N1CCC(C2CCCO2)C1. The Bertz CT molecular complexity index is 233. The molecule has 2 atom stereocenters. The highest BCUT2D eigenvalue weighted by Gasteiger charge is 2.33. The predicted molar refractivity (Wildman–Crippen MR) is 53.9 cm³/mol. The fourth-order valence-electron chi connectivity index (χ4n) is 2.39. The molecule has 1 amide bonds. The molecule has 3 nitrogen and oxygen atoms in total. The van der Waals surface area contributed by atoms with Crippen LogP contribution in [-0.2, 0) is 9.53 Å². The van der Waals surface area contributed by atoms with E-state index in [4.69, 9.17) is 4.74 Å². The molecule has 0 N–H and O–H groups in total. The van der Waals surface area contributed by atoms with Crippen LogP contribution in [0.3, 0.4) is 0 Å². The molecule has 2 heterocycles. The van der Waals surface area contributed by atoms with E-state index in [1.165, 1.54) is 18.9 Å². The van der Waals surface area contributed by atoms with E-state index in [2.05, 4.69) is 6.58 Å². The molecular formula is C11H17NO2. The van der Waals surface area contributed by atoms with E-state index in [0.29, 0.717) is 12.0 Å².